The number of likely N-dealkylation sites (tertiary alicyclic amines) is 1. The lowest BCUT2D eigenvalue weighted by Gasteiger charge is -2.20. The van der Waals surface area contributed by atoms with Gasteiger partial charge in [0.05, 0.1) is 0 Å². The summed E-state index contributed by atoms with van der Waals surface area (Å²) in [6.45, 7) is 8.91. The third kappa shape index (κ3) is 8.24. The van der Waals surface area contributed by atoms with E-state index < -0.39 is 0 Å². The predicted octanol–water partition coefficient (Wildman–Crippen LogP) is 2.07. The van der Waals surface area contributed by atoms with Crippen molar-refractivity contribution in [3.8, 4) is 0 Å². The lowest BCUT2D eigenvalue weighted by Crippen LogP contribution is -2.34. The van der Waals surface area contributed by atoms with E-state index in [1.807, 2.05) is 0 Å². The Morgan fingerprint density at radius 1 is 1.33 bits per heavy atom. The molecule has 126 valence electrons. The van der Waals surface area contributed by atoms with Crippen molar-refractivity contribution in [2.75, 3.05) is 39.3 Å². The van der Waals surface area contributed by atoms with E-state index in [0.29, 0.717) is 18.3 Å². The molecule has 0 aromatic rings. The van der Waals surface area contributed by atoms with Crippen LogP contribution in [0, 0.1) is 11.8 Å². The standard InChI is InChI=1S/C15H29N3O.2ClH/c1-13(12-18-8-2-3-9-18)10-17-15(19)5-4-14-6-7-16-11-14;;/h13-14,16H,2-12H2,1H3,(H,17,19);2*1H. The van der Waals surface area contributed by atoms with Crippen LogP contribution in [0.2, 0.25) is 0 Å². The molecule has 2 unspecified atom stereocenters. The van der Waals surface area contributed by atoms with Crippen LogP contribution in [0.5, 0.6) is 0 Å². The second-order valence-corrected chi connectivity index (χ2v) is 6.31. The Morgan fingerprint density at radius 2 is 2.05 bits per heavy atom. The number of carbonyl (C=O) groups excluding carboxylic acids is 1. The van der Waals surface area contributed by atoms with Crippen LogP contribution in [-0.4, -0.2) is 50.1 Å². The number of hydrogen-bond acceptors (Lipinski definition) is 3. The lowest BCUT2D eigenvalue weighted by molar-refractivity contribution is -0.121. The van der Waals surface area contributed by atoms with Gasteiger partial charge in [-0.05, 0) is 63.7 Å². The SMILES string of the molecule is CC(CNC(=O)CCC1CCNC1)CN1CCCC1.Cl.Cl. The first kappa shape index (κ1) is 21.0. The van der Waals surface area contributed by atoms with Gasteiger partial charge in [-0.15, -0.1) is 24.8 Å². The van der Waals surface area contributed by atoms with Gasteiger partial charge >= 0.3 is 0 Å². The van der Waals surface area contributed by atoms with E-state index in [0.717, 1.165) is 32.6 Å². The Hall–Kier alpha value is -0.0300. The first-order valence-corrected chi connectivity index (χ1v) is 7.94. The van der Waals surface area contributed by atoms with Crippen LogP contribution < -0.4 is 10.6 Å². The maximum Gasteiger partial charge on any atom is 0.220 e. The first-order valence-electron chi connectivity index (χ1n) is 7.94. The summed E-state index contributed by atoms with van der Waals surface area (Å²) in [6, 6.07) is 0. The summed E-state index contributed by atoms with van der Waals surface area (Å²) >= 11 is 0. The van der Waals surface area contributed by atoms with Crippen LogP contribution in [0.4, 0.5) is 0 Å². The zero-order valence-electron chi connectivity index (χ0n) is 13.1. The van der Waals surface area contributed by atoms with Gasteiger partial charge in [-0.3, -0.25) is 4.79 Å². The van der Waals surface area contributed by atoms with Crippen molar-refractivity contribution in [2.24, 2.45) is 11.8 Å². The number of nitrogens with zero attached hydrogens (tertiary/aromatic N) is 1. The zero-order valence-corrected chi connectivity index (χ0v) is 14.7. The van der Waals surface area contributed by atoms with Crippen molar-refractivity contribution in [1.29, 1.82) is 0 Å². The highest BCUT2D eigenvalue weighted by molar-refractivity contribution is 5.85. The molecule has 6 heteroatoms. The molecule has 0 aromatic carbocycles. The third-order valence-corrected chi connectivity index (χ3v) is 4.36. The van der Waals surface area contributed by atoms with Gasteiger partial charge in [-0.25, -0.2) is 0 Å². The van der Waals surface area contributed by atoms with Gasteiger partial charge in [-0.2, -0.15) is 0 Å². The Bertz CT molecular complexity index is 280. The number of hydrogen-bond donors (Lipinski definition) is 2. The summed E-state index contributed by atoms with van der Waals surface area (Å²) in [5, 5.41) is 6.44. The molecule has 2 fully saturated rings. The number of nitrogens with one attached hydrogen (secondary N) is 2. The van der Waals surface area contributed by atoms with Gasteiger partial charge in [-0.1, -0.05) is 6.92 Å². The monoisotopic (exact) mass is 339 g/mol. The highest BCUT2D eigenvalue weighted by atomic mass is 35.5. The number of amides is 1. The summed E-state index contributed by atoms with van der Waals surface area (Å²) in [5.74, 6) is 1.52. The van der Waals surface area contributed by atoms with Crippen molar-refractivity contribution in [3.63, 3.8) is 0 Å². The van der Waals surface area contributed by atoms with E-state index in [4.69, 9.17) is 0 Å². The summed E-state index contributed by atoms with van der Waals surface area (Å²) in [5.41, 5.74) is 0. The number of rotatable bonds is 7. The van der Waals surface area contributed by atoms with E-state index in [2.05, 4.69) is 22.5 Å². The minimum Gasteiger partial charge on any atom is -0.356 e. The summed E-state index contributed by atoms with van der Waals surface area (Å²) in [7, 11) is 0. The smallest absolute Gasteiger partial charge is 0.220 e. The van der Waals surface area contributed by atoms with Crippen molar-refractivity contribution in [3.05, 3.63) is 0 Å². The second kappa shape index (κ2) is 11.5. The van der Waals surface area contributed by atoms with Crippen molar-refractivity contribution >= 4 is 30.7 Å². The maximum atomic E-state index is 11.8. The molecular weight excluding hydrogens is 309 g/mol. The van der Waals surface area contributed by atoms with Crippen LogP contribution in [0.15, 0.2) is 0 Å². The quantitative estimate of drug-likeness (QED) is 0.746. The summed E-state index contributed by atoms with van der Waals surface area (Å²) in [4.78, 5) is 14.3. The molecule has 2 saturated heterocycles. The van der Waals surface area contributed by atoms with Crippen LogP contribution >= 0.6 is 24.8 Å². The molecule has 0 bridgehead atoms. The fraction of sp³-hybridized carbons (Fsp3) is 0.933. The van der Waals surface area contributed by atoms with E-state index in [9.17, 15) is 4.79 Å². The Morgan fingerprint density at radius 3 is 2.67 bits per heavy atom. The van der Waals surface area contributed by atoms with E-state index >= 15 is 0 Å². The Kier molecular flexibility index (Phi) is 11.5. The molecule has 0 saturated carbocycles. The molecule has 2 atom stereocenters. The van der Waals surface area contributed by atoms with Crippen molar-refractivity contribution in [1.82, 2.24) is 15.5 Å². The summed E-state index contributed by atoms with van der Waals surface area (Å²) < 4.78 is 0. The second-order valence-electron chi connectivity index (χ2n) is 6.31. The molecule has 2 N–H and O–H groups in total. The van der Waals surface area contributed by atoms with Crippen LogP contribution in [0.3, 0.4) is 0 Å². The first-order chi connectivity index (χ1) is 9.24. The maximum absolute atomic E-state index is 11.8. The molecule has 2 aliphatic heterocycles. The fourth-order valence-corrected chi connectivity index (χ4v) is 3.14. The van der Waals surface area contributed by atoms with Crippen molar-refractivity contribution < 1.29 is 4.79 Å². The molecule has 21 heavy (non-hydrogen) atoms. The average Bonchev–Trinajstić information content (AvgIpc) is 3.06. The molecule has 0 aromatic heterocycles. The molecule has 0 aliphatic carbocycles. The Labute approximate surface area is 141 Å². The highest BCUT2D eigenvalue weighted by Gasteiger charge is 2.17. The van der Waals surface area contributed by atoms with Crippen molar-refractivity contribution in [2.45, 2.75) is 39.0 Å². The largest absolute Gasteiger partial charge is 0.356 e. The molecule has 2 heterocycles. The molecule has 0 spiro atoms. The number of halogens is 2. The van der Waals surface area contributed by atoms with Crippen LogP contribution in [0.1, 0.15) is 39.0 Å². The van der Waals surface area contributed by atoms with Crippen LogP contribution in [0.25, 0.3) is 0 Å². The molecule has 4 nitrogen and oxygen atoms in total. The lowest BCUT2D eigenvalue weighted by atomic mass is 10.0. The van der Waals surface area contributed by atoms with Gasteiger partial charge in [0.25, 0.3) is 0 Å². The van der Waals surface area contributed by atoms with Gasteiger partial charge in [0.15, 0.2) is 0 Å². The predicted molar refractivity (Wildman–Crippen MR) is 92.6 cm³/mol. The normalized spacial score (nSPS) is 23.2. The number of carbonyl (C=O) groups is 1. The molecule has 2 rings (SSSR count). The molecule has 2 aliphatic rings. The molecular formula is C15H31Cl2N3O. The Balaban J connectivity index is 0.00000200. The van der Waals surface area contributed by atoms with Gasteiger partial charge < -0.3 is 15.5 Å². The zero-order chi connectivity index (χ0) is 13.5. The topological polar surface area (TPSA) is 44.4 Å². The van der Waals surface area contributed by atoms with E-state index in [1.165, 1.54) is 32.4 Å². The highest BCUT2D eigenvalue weighted by Crippen LogP contribution is 2.14. The van der Waals surface area contributed by atoms with E-state index in [1.54, 1.807) is 0 Å². The van der Waals surface area contributed by atoms with Crippen LogP contribution in [-0.2, 0) is 4.79 Å². The minimum absolute atomic E-state index is 0. The summed E-state index contributed by atoms with van der Waals surface area (Å²) in [6.07, 6.45) is 5.66. The van der Waals surface area contributed by atoms with Gasteiger partial charge in [0.1, 0.15) is 0 Å². The average molecular weight is 340 g/mol. The minimum atomic E-state index is 0. The van der Waals surface area contributed by atoms with Gasteiger partial charge in [0, 0.05) is 19.5 Å². The third-order valence-electron chi connectivity index (χ3n) is 4.36. The fourth-order valence-electron chi connectivity index (χ4n) is 3.14. The van der Waals surface area contributed by atoms with E-state index in [-0.39, 0.29) is 30.7 Å². The molecule has 0 radical (unpaired) electrons. The van der Waals surface area contributed by atoms with Gasteiger partial charge in [0.2, 0.25) is 5.91 Å². The molecule has 1 amide bonds.